The summed E-state index contributed by atoms with van der Waals surface area (Å²) >= 11 is 0. The van der Waals surface area contributed by atoms with Crippen LogP contribution in [0.1, 0.15) is 70.4 Å². The fourth-order valence-corrected chi connectivity index (χ4v) is 2.97. The van der Waals surface area contributed by atoms with Crippen molar-refractivity contribution in [1.29, 1.82) is 0 Å². The number of nitrogens with zero attached hydrogens (tertiary/aromatic N) is 1. The predicted molar refractivity (Wildman–Crippen MR) is 138 cm³/mol. The second kappa shape index (κ2) is 23.1. The number of hydrogen-bond acceptors (Lipinski definition) is 3. The van der Waals surface area contributed by atoms with Gasteiger partial charge in [-0.1, -0.05) is 87.6 Å². The van der Waals surface area contributed by atoms with Gasteiger partial charge in [0.1, 0.15) is 5.75 Å². The number of para-hydroxylation sites is 1. The van der Waals surface area contributed by atoms with E-state index in [0.29, 0.717) is 5.75 Å². The van der Waals surface area contributed by atoms with Gasteiger partial charge in [-0.25, -0.2) is 0 Å². The molecule has 0 fully saturated rings. The average molecular weight is 452 g/mol. The van der Waals surface area contributed by atoms with E-state index in [1.54, 1.807) is 6.07 Å². The molecule has 0 aliphatic rings. The molecule has 0 unspecified atom stereocenters. The van der Waals surface area contributed by atoms with Crippen LogP contribution in [0.25, 0.3) is 0 Å². The van der Waals surface area contributed by atoms with Gasteiger partial charge >= 0.3 is 0 Å². The number of unbranched alkanes of at least 4 members (excludes halogenated alkanes) is 5. The Balaban J connectivity index is 0. The fraction of sp³-hybridized carbons (Fsp3) is 0.556. The summed E-state index contributed by atoms with van der Waals surface area (Å²) in [4.78, 5) is 2.16. The van der Waals surface area contributed by atoms with Crippen LogP contribution in [0.5, 0.6) is 5.75 Å². The van der Waals surface area contributed by atoms with E-state index in [4.69, 9.17) is 4.74 Å². The molecule has 178 valence electrons. The van der Waals surface area contributed by atoms with Crippen LogP contribution < -0.4 is 0 Å². The second-order valence-corrected chi connectivity index (χ2v) is 7.65. The molecule has 0 saturated carbocycles. The summed E-state index contributed by atoms with van der Waals surface area (Å²) in [5, 5.41) is 9.55. The number of halogens is 1. The molecule has 2 rings (SSSR count). The molecule has 3 nitrogen and oxygen atoms in total. The smallest absolute Gasteiger partial charge is 0.118 e. The van der Waals surface area contributed by atoms with Crippen LogP contribution in [0.4, 0.5) is 0 Å². The first kappa shape index (κ1) is 31.6. The van der Waals surface area contributed by atoms with E-state index in [0.717, 1.165) is 31.7 Å². The van der Waals surface area contributed by atoms with E-state index in [9.17, 15) is 5.11 Å². The van der Waals surface area contributed by atoms with Gasteiger partial charge in [0.15, 0.2) is 0 Å². The lowest BCUT2D eigenvalue weighted by atomic mass is 10.0. The highest BCUT2D eigenvalue weighted by molar-refractivity contribution is 5.85. The summed E-state index contributed by atoms with van der Waals surface area (Å²) in [7, 11) is 4.15. The summed E-state index contributed by atoms with van der Waals surface area (Å²) in [6.45, 7) is 8.93. The van der Waals surface area contributed by atoms with Gasteiger partial charge in [-0.2, -0.15) is 0 Å². The molecule has 0 radical (unpaired) electrons. The zero-order valence-electron chi connectivity index (χ0n) is 20.5. The third-order valence-corrected chi connectivity index (χ3v) is 4.54. The van der Waals surface area contributed by atoms with Crippen molar-refractivity contribution in [3.63, 3.8) is 0 Å². The van der Waals surface area contributed by atoms with Crippen LogP contribution >= 0.6 is 12.4 Å². The van der Waals surface area contributed by atoms with Crippen molar-refractivity contribution < 1.29 is 9.84 Å². The van der Waals surface area contributed by atoms with Crippen molar-refractivity contribution in [1.82, 2.24) is 4.90 Å². The lowest BCUT2D eigenvalue weighted by Gasteiger charge is -2.08. The number of hydrogen-bond donors (Lipinski definition) is 1. The van der Waals surface area contributed by atoms with Gasteiger partial charge in [0.25, 0.3) is 0 Å². The standard InChI is InChI=1S/C14H22O.C9H13N.C4H10O.ClH/c1-2-3-4-5-6-7-10-13-11-8-9-12-14(13)15;1-10(2)8-9-6-4-3-5-7-9;1-3-5-4-2;/h8-9,11-12,15H,2-7,10H2,1H3;3-7H,8H2,1-2H3;3-4H2,1-2H3;1H. The van der Waals surface area contributed by atoms with Gasteiger partial charge in [-0.05, 0) is 58.0 Å². The Bertz CT molecular complexity index is 603. The fourth-order valence-electron chi connectivity index (χ4n) is 2.97. The molecule has 0 heterocycles. The minimum atomic E-state index is 0. The monoisotopic (exact) mass is 451 g/mol. The Morgan fingerprint density at radius 3 is 1.81 bits per heavy atom. The molecule has 0 bridgehead atoms. The Morgan fingerprint density at radius 2 is 1.29 bits per heavy atom. The highest BCUT2D eigenvalue weighted by atomic mass is 35.5. The zero-order valence-corrected chi connectivity index (χ0v) is 21.3. The molecular weight excluding hydrogens is 406 g/mol. The van der Waals surface area contributed by atoms with E-state index in [2.05, 4.69) is 50.2 Å². The number of phenolic OH excluding ortho intramolecular Hbond substituents is 1. The van der Waals surface area contributed by atoms with Crippen LogP contribution in [0.15, 0.2) is 54.6 Å². The summed E-state index contributed by atoms with van der Waals surface area (Å²) in [5.74, 6) is 0.450. The predicted octanol–water partition coefficient (Wildman–Crippen LogP) is 7.51. The minimum absolute atomic E-state index is 0. The number of rotatable bonds is 11. The molecule has 4 heteroatoms. The van der Waals surface area contributed by atoms with E-state index in [1.807, 2.05) is 38.1 Å². The summed E-state index contributed by atoms with van der Waals surface area (Å²) < 4.78 is 4.83. The molecule has 1 N–H and O–H groups in total. The van der Waals surface area contributed by atoms with Crippen molar-refractivity contribution in [2.45, 2.75) is 72.3 Å². The molecule has 0 saturated heterocycles. The lowest BCUT2D eigenvalue weighted by Crippen LogP contribution is -2.10. The highest BCUT2D eigenvalue weighted by Crippen LogP contribution is 2.18. The summed E-state index contributed by atoms with van der Waals surface area (Å²) in [5.41, 5.74) is 2.46. The van der Waals surface area contributed by atoms with Crippen LogP contribution in [-0.4, -0.2) is 37.3 Å². The third-order valence-electron chi connectivity index (χ3n) is 4.54. The van der Waals surface area contributed by atoms with Crippen LogP contribution in [0.3, 0.4) is 0 Å². The quantitative estimate of drug-likeness (QED) is 0.359. The maximum absolute atomic E-state index is 9.55. The van der Waals surface area contributed by atoms with Crippen molar-refractivity contribution in [2.24, 2.45) is 0 Å². The van der Waals surface area contributed by atoms with Crippen molar-refractivity contribution in [3.8, 4) is 5.75 Å². The highest BCUT2D eigenvalue weighted by Gasteiger charge is 1.98. The number of phenols is 1. The zero-order chi connectivity index (χ0) is 22.5. The molecule has 2 aromatic rings. The molecule has 0 aliphatic carbocycles. The van der Waals surface area contributed by atoms with Crippen molar-refractivity contribution in [3.05, 3.63) is 65.7 Å². The molecule has 0 amide bonds. The Hall–Kier alpha value is -1.55. The van der Waals surface area contributed by atoms with E-state index < -0.39 is 0 Å². The molecule has 0 atom stereocenters. The van der Waals surface area contributed by atoms with E-state index in [1.165, 1.54) is 44.1 Å². The number of ether oxygens (including phenoxy) is 1. The first-order valence-corrected chi connectivity index (χ1v) is 11.6. The van der Waals surface area contributed by atoms with E-state index >= 15 is 0 Å². The molecule has 0 aliphatic heterocycles. The number of aromatic hydroxyl groups is 1. The second-order valence-electron chi connectivity index (χ2n) is 7.65. The molecular formula is C27H46ClNO2. The van der Waals surface area contributed by atoms with Crippen molar-refractivity contribution in [2.75, 3.05) is 27.3 Å². The lowest BCUT2D eigenvalue weighted by molar-refractivity contribution is 0.162. The molecule has 0 spiro atoms. The number of aryl methyl sites for hydroxylation is 1. The van der Waals surface area contributed by atoms with Crippen LogP contribution in [0, 0.1) is 0 Å². The third kappa shape index (κ3) is 20.1. The maximum atomic E-state index is 9.55. The van der Waals surface area contributed by atoms with Gasteiger partial charge in [0.05, 0.1) is 0 Å². The Labute approximate surface area is 198 Å². The Kier molecular flexibility index (Phi) is 23.6. The van der Waals surface area contributed by atoms with Gasteiger partial charge in [-0.15, -0.1) is 12.4 Å². The molecule has 2 aromatic carbocycles. The van der Waals surface area contributed by atoms with Gasteiger partial charge < -0.3 is 14.7 Å². The first-order chi connectivity index (χ1) is 14.5. The topological polar surface area (TPSA) is 32.7 Å². The largest absolute Gasteiger partial charge is 0.508 e. The van der Waals surface area contributed by atoms with Crippen molar-refractivity contribution >= 4 is 12.4 Å². The first-order valence-electron chi connectivity index (χ1n) is 11.6. The van der Waals surface area contributed by atoms with Gasteiger partial charge in [-0.3, -0.25) is 0 Å². The molecule has 31 heavy (non-hydrogen) atoms. The van der Waals surface area contributed by atoms with E-state index in [-0.39, 0.29) is 12.4 Å². The number of benzene rings is 2. The van der Waals surface area contributed by atoms with Crippen LogP contribution in [-0.2, 0) is 17.7 Å². The Morgan fingerprint density at radius 1 is 0.742 bits per heavy atom. The average Bonchev–Trinajstić information content (AvgIpc) is 2.74. The van der Waals surface area contributed by atoms with Gasteiger partial charge in [0, 0.05) is 19.8 Å². The van der Waals surface area contributed by atoms with Gasteiger partial charge in [0.2, 0.25) is 0 Å². The SMILES string of the molecule is CCCCCCCCc1ccccc1O.CCOCC.CN(C)Cc1ccccc1.Cl. The summed E-state index contributed by atoms with van der Waals surface area (Å²) in [6, 6.07) is 18.1. The summed E-state index contributed by atoms with van der Waals surface area (Å²) in [6.07, 6.45) is 8.85. The van der Waals surface area contributed by atoms with Crippen LogP contribution in [0.2, 0.25) is 0 Å². The molecule has 0 aromatic heterocycles. The minimum Gasteiger partial charge on any atom is -0.508 e. The normalized spacial score (nSPS) is 9.74. The maximum Gasteiger partial charge on any atom is 0.118 e.